The molecule has 0 atom stereocenters. The molecule has 18 heavy (non-hydrogen) atoms. The van der Waals surface area contributed by atoms with Gasteiger partial charge in [-0.3, -0.25) is 0 Å². The molecule has 0 saturated carbocycles. The van der Waals surface area contributed by atoms with Crippen molar-refractivity contribution in [2.45, 2.75) is 13.3 Å². The van der Waals surface area contributed by atoms with Crippen molar-refractivity contribution < 1.29 is 14.6 Å². The van der Waals surface area contributed by atoms with Crippen molar-refractivity contribution in [2.75, 3.05) is 6.61 Å². The van der Waals surface area contributed by atoms with Gasteiger partial charge < -0.3 is 14.6 Å². The van der Waals surface area contributed by atoms with Crippen molar-refractivity contribution in [1.82, 2.24) is 0 Å². The minimum absolute atomic E-state index is 0.0943. The number of hydrogen-bond donors (Lipinski definition) is 1. The van der Waals surface area contributed by atoms with E-state index in [0.29, 0.717) is 18.1 Å². The van der Waals surface area contributed by atoms with Gasteiger partial charge >= 0.3 is 0 Å². The summed E-state index contributed by atoms with van der Waals surface area (Å²) in [5.74, 6) is 1.90. The number of hydrogen-bond acceptors (Lipinski definition) is 3. The molecule has 0 unspecified atom stereocenters. The number of phenols is 1. The zero-order valence-electron chi connectivity index (χ0n) is 10.3. The van der Waals surface area contributed by atoms with Crippen LogP contribution in [0.15, 0.2) is 48.5 Å². The first-order chi connectivity index (χ1) is 8.79. The predicted octanol–water partition coefficient (Wildman–Crippen LogP) is 3.97. The van der Waals surface area contributed by atoms with Gasteiger partial charge in [0.25, 0.3) is 0 Å². The van der Waals surface area contributed by atoms with E-state index in [9.17, 15) is 5.11 Å². The van der Waals surface area contributed by atoms with Gasteiger partial charge in [0.1, 0.15) is 11.5 Å². The molecule has 2 aromatic carbocycles. The Kier molecular flexibility index (Phi) is 4.07. The second-order valence-electron chi connectivity index (χ2n) is 3.89. The highest BCUT2D eigenvalue weighted by Gasteiger charge is 2.05. The highest BCUT2D eigenvalue weighted by atomic mass is 16.5. The number of phenolic OH excluding ortho intramolecular Hbond substituents is 1. The average Bonchev–Trinajstić information content (AvgIpc) is 2.39. The Balaban J connectivity index is 2.09. The maximum atomic E-state index is 9.79. The zero-order valence-corrected chi connectivity index (χ0v) is 10.3. The van der Waals surface area contributed by atoms with Crippen LogP contribution >= 0.6 is 0 Å². The monoisotopic (exact) mass is 244 g/mol. The molecule has 0 aliphatic heterocycles. The second-order valence-corrected chi connectivity index (χ2v) is 3.89. The van der Waals surface area contributed by atoms with Crippen LogP contribution in [0.1, 0.15) is 13.3 Å². The number of benzene rings is 2. The number of para-hydroxylation sites is 1. The molecule has 0 amide bonds. The van der Waals surface area contributed by atoms with Crippen LogP contribution in [0.2, 0.25) is 0 Å². The first kappa shape index (κ1) is 12.3. The van der Waals surface area contributed by atoms with Crippen molar-refractivity contribution in [3.05, 3.63) is 48.5 Å². The van der Waals surface area contributed by atoms with E-state index in [1.54, 1.807) is 18.2 Å². The van der Waals surface area contributed by atoms with E-state index in [4.69, 9.17) is 9.47 Å². The summed E-state index contributed by atoms with van der Waals surface area (Å²) in [7, 11) is 0. The van der Waals surface area contributed by atoms with Gasteiger partial charge in [-0.25, -0.2) is 0 Å². The number of ether oxygens (including phenoxy) is 2. The van der Waals surface area contributed by atoms with Gasteiger partial charge in [-0.15, -0.1) is 0 Å². The molecule has 0 radical (unpaired) electrons. The van der Waals surface area contributed by atoms with Gasteiger partial charge in [0.05, 0.1) is 6.61 Å². The van der Waals surface area contributed by atoms with Crippen LogP contribution in [0, 0.1) is 0 Å². The van der Waals surface area contributed by atoms with Gasteiger partial charge in [0.15, 0.2) is 11.5 Å². The molecular weight excluding hydrogens is 228 g/mol. The largest absolute Gasteiger partial charge is 0.504 e. The summed E-state index contributed by atoms with van der Waals surface area (Å²) < 4.78 is 11.0. The lowest BCUT2D eigenvalue weighted by Gasteiger charge is -2.09. The number of rotatable bonds is 5. The molecule has 94 valence electrons. The fourth-order valence-electron chi connectivity index (χ4n) is 1.52. The van der Waals surface area contributed by atoms with Crippen LogP contribution in [0.25, 0.3) is 0 Å². The quantitative estimate of drug-likeness (QED) is 0.864. The zero-order chi connectivity index (χ0) is 12.8. The van der Waals surface area contributed by atoms with Crippen LogP contribution < -0.4 is 9.47 Å². The van der Waals surface area contributed by atoms with E-state index in [0.717, 1.165) is 12.2 Å². The predicted molar refractivity (Wildman–Crippen MR) is 70.4 cm³/mol. The third kappa shape index (κ3) is 3.17. The maximum absolute atomic E-state index is 9.79. The van der Waals surface area contributed by atoms with E-state index >= 15 is 0 Å². The summed E-state index contributed by atoms with van der Waals surface area (Å²) in [6.07, 6.45) is 0.904. The summed E-state index contributed by atoms with van der Waals surface area (Å²) in [4.78, 5) is 0. The van der Waals surface area contributed by atoms with Crippen LogP contribution in [-0.4, -0.2) is 11.7 Å². The third-order valence-electron chi connectivity index (χ3n) is 2.37. The Morgan fingerprint density at radius 2 is 1.78 bits per heavy atom. The fraction of sp³-hybridized carbons (Fsp3) is 0.200. The summed E-state index contributed by atoms with van der Waals surface area (Å²) >= 11 is 0. The van der Waals surface area contributed by atoms with E-state index in [1.165, 1.54) is 0 Å². The molecule has 0 saturated heterocycles. The second kappa shape index (κ2) is 5.96. The standard InChI is InChI=1S/C15H16O3/c1-2-10-17-15-9-8-13(11-14(15)16)18-12-6-4-3-5-7-12/h3-9,11,16H,2,10H2,1H3. The molecule has 0 bridgehead atoms. The highest BCUT2D eigenvalue weighted by molar-refractivity contribution is 5.45. The van der Waals surface area contributed by atoms with Crippen molar-refractivity contribution in [3.63, 3.8) is 0 Å². The SMILES string of the molecule is CCCOc1ccc(Oc2ccccc2)cc1O. The fourth-order valence-corrected chi connectivity index (χ4v) is 1.52. The lowest BCUT2D eigenvalue weighted by molar-refractivity contribution is 0.298. The molecule has 0 aliphatic rings. The van der Waals surface area contributed by atoms with E-state index in [2.05, 4.69) is 0 Å². The molecule has 3 heteroatoms. The average molecular weight is 244 g/mol. The van der Waals surface area contributed by atoms with Crippen LogP contribution in [0.3, 0.4) is 0 Å². The molecule has 3 nitrogen and oxygen atoms in total. The Labute approximate surface area is 107 Å². The van der Waals surface area contributed by atoms with Gasteiger partial charge in [0.2, 0.25) is 0 Å². The normalized spacial score (nSPS) is 10.1. The van der Waals surface area contributed by atoms with Gasteiger partial charge in [-0.2, -0.15) is 0 Å². The minimum Gasteiger partial charge on any atom is -0.504 e. The smallest absolute Gasteiger partial charge is 0.161 e. The van der Waals surface area contributed by atoms with E-state index < -0.39 is 0 Å². The summed E-state index contributed by atoms with van der Waals surface area (Å²) in [6.45, 7) is 2.61. The molecule has 2 aromatic rings. The molecular formula is C15H16O3. The Morgan fingerprint density at radius 3 is 2.44 bits per heavy atom. The topological polar surface area (TPSA) is 38.7 Å². The third-order valence-corrected chi connectivity index (χ3v) is 2.37. The maximum Gasteiger partial charge on any atom is 0.161 e. The summed E-state index contributed by atoms with van der Waals surface area (Å²) in [5.41, 5.74) is 0. The van der Waals surface area contributed by atoms with Crippen LogP contribution in [0.5, 0.6) is 23.0 Å². The van der Waals surface area contributed by atoms with Gasteiger partial charge in [-0.05, 0) is 30.7 Å². The first-order valence-corrected chi connectivity index (χ1v) is 5.98. The molecule has 2 rings (SSSR count). The van der Waals surface area contributed by atoms with E-state index in [-0.39, 0.29) is 5.75 Å². The van der Waals surface area contributed by atoms with Crippen molar-refractivity contribution in [2.24, 2.45) is 0 Å². The van der Waals surface area contributed by atoms with E-state index in [1.807, 2.05) is 37.3 Å². The molecule has 0 aromatic heterocycles. The lowest BCUT2D eigenvalue weighted by Crippen LogP contribution is -1.95. The molecule has 0 aliphatic carbocycles. The minimum atomic E-state index is 0.0943. The van der Waals surface area contributed by atoms with Crippen LogP contribution in [-0.2, 0) is 0 Å². The Hall–Kier alpha value is -2.16. The van der Waals surface area contributed by atoms with Crippen molar-refractivity contribution >= 4 is 0 Å². The first-order valence-electron chi connectivity index (χ1n) is 5.98. The lowest BCUT2D eigenvalue weighted by atomic mass is 10.3. The molecule has 0 fully saturated rings. The number of aromatic hydroxyl groups is 1. The van der Waals surface area contributed by atoms with Crippen LogP contribution in [0.4, 0.5) is 0 Å². The van der Waals surface area contributed by atoms with Crippen molar-refractivity contribution in [3.8, 4) is 23.0 Å². The van der Waals surface area contributed by atoms with Crippen molar-refractivity contribution in [1.29, 1.82) is 0 Å². The van der Waals surface area contributed by atoms with Gasteiger partial charge in [-0.1, -0.05) is 25.1 Å². The Morgan fingerprint density at radius 1 is 1.00 bits per heavy atom. The van der Waals surface area contributed by atoms with Gasteiger partial charge in [0, 0.05) is 6.07 Å². The molecule has 0 spiro atoms. The molecule has 0 heterocycles. The molecule has 1 N–H and O–H groups in total. The summed E-state index contributed by atoms with van der Waals surface area (Å²) in [5, 5.41) is 9.79. The summed E-state index contributed by atoms with van der Waals surface area (Å²) in [6, 6.07) is 14.5. The highest BCUT2D eigenvalue weighted by Crippen LogP contribution is 2.32. The Bertz CT molecular complexity index is 494.